The predicted molar refractivity (Wildman–Crippen MR) is 134 cm³/mol. The van der Waals surface area contributed by atoms with E-state index in [9.17, 15) is 9.59 Å². The lowest BCUT2D eigenvalue weighted by molar-refractivity contribution is -0.114. The maximum absolute atomic E-state index is 13.0. The third kappa shape index (κ3) is 4.74. The van der Waals surface area contributed by atoms with Gasteiger partial charge in [0.25, 0.3) is 5.91 Å². The van der Waals surface area contributed by atoms with Crippen LogP contribution in [0.3, 0.4) is 0 Å². The fourth-order valence-corrected chi connectivity index (χ4v) is 5.22. The zero-order valence-corrected chi connectivity index (χ0v) is 19.2. The fourth-order valence-electron chi connectivity index (χ4n) is 3.44. The normalized spacial score (nSPS) is 11.1. The zero-order valence-electron chi connectivity index (χ0n) is 17.6. The van der Waals surface area contributed by atoms with E-state index in [1.54, 1.807) is 17.8 Å². The molecule has 33 heavy (non-hydrogen) atoms. The molecule has 0 radical (unpaired) electrons. The second kappa shape index (κ2) is 9.05. The van der Waals surface area contributed by atoms with Crippen LogP contribution in [0.1, 0.15) is 22.8 Å². The molecular formula is C24H19N5O2S2. The van der Waals surface area contributed by atoms with Crippen molar-refractivity contribution >= 4 is 67.0 Å². The minimum Gasteiger partial charge on any atom is -0.333 e. The SMILES string of the molecule is CC(=O)Nc1ccc2nc(NC(=O)c3ccccc3CSc3nc4ccccc4[nH]3)sc2c1. The first-order valence-corrected chi connectivity index (χ1v) is 12.0. The smallest absolute Gasteiger partial charge is 0.257 e. The molecule has 0 unspecified atom stereocenters. The summed E-state index contributed by atoms with van der Waals surface area (Å²) >= 11 is 2.92. The van der Waals surface area contributed by atoms with Crippen LogP contribution in [0.5, 0.6) is 0 Å². The van der Waals surface area contributed by atoms with Crippen LogP contribution in [0.15, 0.2) is 71.9 Å². The van der Waals surface area contributed by atoms with Crippen LogP contribution in [-0.2, 0) is 10.5 Å². The number of para-hydroxylation sites is 2. The lowest BCUT2D eigenvalue weighted by atomic mass is 10.1. The van der Waals surface area contributed by atoms with Crippen LogP contribution >= 0.6 is 23.1 Å². The Labute approximate surface area is 197 Å². The maximum Gasteiger partial charge on any atom is 0.257 e. The van der Waals surface area contributed by atoms with E-state index in [4.69, 9.17) is 0 Å². The van der Waals surface area contributed by atoms with Crippen molar-refractivity contribution in [3.8, 4) is 0 Å². The Kier molecular flexibility index (Phi) is 5.80. The summed E-state index contributed by atoms with van der Waals surface area (Å²) in [5.41, 5.74) is 4.88. The van der Waals surface area contributed by atoms with Crippen molar-refractivity contribution < 1.29 is 9.59 Å². The van der Waals surface area contributed by atoms with Crippen LogP contribution in [0.2, 0.25) is 0 Å². The quantitative estimate of drug-likeness (QED) is 0.276. The first kappa shape index (κ1) is 21.2. The van der Waals surface area contributed by atoms with E-state index < -0.39 is 0 Å². The summed E-state index contributed by atoms with van der Waals surface area (Å²) in [6, 6.07) is 20.9. The monoisotopic (exact) mass is 473 g/mol. The molecular weight excluding hydrogens is 454 g/mol. The van der Waals surface area contributed by atoms with Crippen molar-refractivity contribution in [2.75, 3.05) is 10.6 Å². The van der Waals surface area contributed by atoms with Gasteiger partial charge in [0.05, 0.1) is 21.3 Å². The molecule has 3 aromatic carbocycles. The average molecular weight is 474 g/mol. The molecule has 0 atom stereocenters. The fraction of sp³-hybridized carbons (Fsp3) is 0.0833. The molecule has 5 aromatic rings. The van der Waals surface area contributed by atoms with Crippen molar-refractivity contribution in [3.05, 3.63) is 77.9 Å². The Hall–Kier alpha value is -3.69. The van der Waals surface area contributed by atoms with Gasteiger partial charge in [0.1, 0.15) is 0 Å². The number of fused-ring (bicyclic) bond motifs is 2. The van der Waals surface area contributed by atoms with E-state index in [-0.39, 0.29) is 11.8 Å². The molecule has 0 spiro atoms. The number of hydrogen-bond donors (Lipinski definition) is 3. The minimum absolute atomic E-state index is 0.135. The number of carbonyl (C=O) groups is 2. The summed E-state index contributed by atoms with van der Waals surface area (Å²) in [6.45, 7) is 1.46. The van der Waals surface area contributed by atoms with E-state index in [0.717, 1.165) is 32.0 Å². The lowest BCUT2D eigenvalue weighted by Crippen LogP contribution is -2.13. The van der Waals surface area contributed by atoms with E-state index in [1.807, 2.05) is 60.7 Å². The van der Waals surface area contributed by atoms with Crippen LogP contribution in [0, 0.1) is 0 Å². The summed E-state index contributed by atoms with van der Waals surface area (Å²) in [7, 11) is 0. The molecule has 0 aliphatic carbocycles. The van der Waals surface area contributed by atoms with E-state index >= 15 is 0 Å². The summed E-state index contributed by atoms with van der Waals surface area (Å²) < 4.78 is 0.880. The molecule has 5 rings (SSSR count). The van der Waals surface area contributed by atoms with Gasteiger partial charge in [-0.05, 0) is 42.0 Å². The van der Waals surface area contributed by atoms with Crippen molar-refractivity contribution in [2.45, 2.75) is 17.8 Å². The van der Waals surface area contributed by atoms with Gasteiger partial charge >= 0.3 is 0 Å². The number of thioether (sulfide) groups is 1. The second-order valence-corrected chi connectivity index (χ2v) is 9.34. The number of amides is 2. The Balaban J connectivity index is 1.32. The third-order valence-electron chi connectivity index (χ3n) is 4.92. The molecule has 164 valence electrons. The number of aromatic nitrogens is 3. The van der Waals surface area contributed by atoms with Crippen LogP contribution in [-0.4, -0.2) is 26.8 Å². The molecule has 0 bridgehead atoms. The average Bonchev–Trinajstić information content (AvgIpc) is 3.40. The Morgan fingerprint density at radius 3 is 2.64 bits per heavy atom. The standard InChI is InChI=1S/C24H19N5O2S2/c1-14(30)25-16-10-11-20-21(12-16)33-24(28-20)29-22(31)17-7-3-2-6-15(17)13-32-23-26-18-8-4-5-9-19(18)27-23/h2-12H,13H2,1H3,(H,25,30)(H,26,27)(H,28,29,31). The maximum atomic E-state index is 13.0. The van der Waals surface area contributed by atoms with Crippen LogP contribution in [0.25, 0.3) is 21.3 Å². The molecule has 0 aliphatic heterocycles. The van der Waals surface area contributed by atoms with Gasteiger partial charge in [-0.3, -0.25) is 14.9 Å². The number of thiazole rings is 1. The summed E-state index contributed by atoms with van der Waals surface area (Å²) in [4.78, 5) is 36.7. The molecule has 0 fully saturated rings. The van der Waals surface area contributed by atoms with Gasteiger partial charge in [0.15, 0.2) is 10.3 Å². The molecule has 9 heteroatoms. The number of nitrogens with one attached hydrogen (secondary N) is 3. The van der Waals surface area contributed by atoms with Gasteiger partial charge in [0.2, 0.25) is 5.91 Å². The van der Waals surface area contributed by atoms with Gasteiger partial charge in [-0.25, -0.2) is 9.97 Å². The molecule has 2 amide bonds. The van der Waals surface area contributed by atoms with E-state index in [1.165, 1.54) is 18.3 Å². The Bertz CT molecular complexity index is 1460. The second-order valence-electron chi connectivity index (χ2n) is 7.34. The molecule has 3 N–H and O–H groups in total. The Morgan fingerprint density at radius 1 is 0.970 bits per heavy atom. The van der Waals surface area contributed by atoms with Gasteiger partial charge in [-0.15, -0.1) is 0 Å². The predicted octanol–water partition coefficient (Wildman–Crippen LogP) is 5.68. The summed E-state index contributed by atoms with van der Waals surface area (Å²) in [5.74, 6) is 0.255. The number of rotatable bonds is 6. The van der Waals surface area contributed by atoms with Gasteiger partial charge < -0.3 is 10.3 Å². The lowest BCUT2D eigenvalue weighted by Gasteiger charge is -2.08. The highest BCUT2D eigenvalue weighted by molar-refractivity contribution is 7.98. The summed E-state index contributed by atoms with van der Waals surface area (Å²) in [5, 5.41) is 7.00. The van der Waals surface area contributed by atoms with Crippen LogP contribution < -0.4 is 10.6 Å². The van der Waals surface area contributed by atoms with Gasteiger partial charge in [0, 0.05) is 23.9 Å². The number of H-pyrrole nitrogens is 1. The summed E-state index contributed by atoms with van der Waals surface area (Å²) in [6.07, 6.45) is 0. The topological polar surface area (TPSA) is 99.8 Å². The van der Waals surface area contributed by atoms with Gasteiger partial charge in [-0.2, -0.15) is 0 Å². The molecule has 0 aliphatic rings. The molecule has 0 saturated carbocycles. The number of carbonyl (C=O) groups excluding carboxylic acids is 2. The molecule has 2 heterocycles. The zero-order chi connectivity index (χ0) is 22.8. The van der Waals surface area contributed by atoms with Gasteiger partial charge in [-0.1, -0.05) is 53.4 Å². The molecule has 2 aromatic heterocycles. The minimum atomic E-state index is -0.211. The highest BCUT2D eigenvalue weighted by Gasteiger charge is 2.15. The number of anilines is 2. The number of nitrogens with zero attached hydrogens (tertiary/aromatic N) is 2. The number of imidazole rings is 1. The number of aromatic amines is 1. The number of benzene rings is 3. The van der Waals surface area contributed by atoms with Crippen molar-refractivity contribution in [1.82, 2.24) is 15.0 Å². The Morgan fingerprint density at radius 2 is 1.79 bits per heavy atom. The van der Waals surface area contributed by atoms with Crippen LogP contribution in [0.4, 0.5) is 10.8 Å². The first-order valence-electron chi connectivity index (χ1n) is 10.2. The highest BCUT2D eigenvalue weighted by Crippen LogP contribution is 2.30. The van der Waals surface area contributed by atoms with Crippen molar-refractivity contribution in [2.24, 2.45) is 0 Å². The highest BCUT2D eigenvalue weighted by atomic mass is 32.2. The van der Waals surface area contributed by atoms with E-state index in [2.05, 4.69) is 25.6 Å². The molecule has 7 nitrogen and oxygen atoms in total. The van der Waals surface area contributed by atoms with Crippen molar-refractivity contribution in [1.29, 1.82) is 0 Å². The van der Waals surface area contributed by atoms with E-state index in [0.29, 0.717) is 22.1 Å². The van der Waals surface area contributed by atoms with Crippen molar-refractivity contribution in [3.63, 3.8) is 0 Å². The largest absolute Gasteiger partial charge is 0.333 e. The first-order chi connectivity index (χ1) is 16.0. The molecule has 0 saturated heterocycles. The third-order valence-corrected chi connectivity index (χ3v) is 6.78. The number of hydrogen-bond acceptors (Lipinski definition) is 6.